The van der Waals surface area contributed by atoms with Crippen LogP contribution in [0.4, 0.5) is 0 Å². The lowest BCUT2D eigenvalue weighted by Gasteiger charge is -2.19. The number of nitriles is 1. The highest BCUT2D eigenvalue weighted by Gasteiger charge is 2.14. The zero-order valence-electron chi connectivity index (χ0n) is 8.66. The summed E-state index contributed by atoms with van der Waals surface area (Å²) >= 11 is 0. The highest BCUT2D eigenvalue weighted by atomic mass is 16.1. The molecule has 0 heterocycles. The Bertz CT molecular complexity index is 394. The smallest absolute Gasteiger partial charge is 0.150 e. The average Bonchev–Trinajstić information content (AvgIpc) is 2.15. The Morgan fingerprint density at radius 2 is 1.93 bits per heavy atom. The Morgan fingerprint density at radius 3 is 2.36 bits per heavy atom. The molecule has 2 heteroatoms. The molecule has 0 aliphatic rings. The van der Waals surface area contributed by atoms with Crippen LogP contribution in [0.3, 0.4) is 0 Å². The van der Waals surface area contributed by atoms with Crippen molar-refractivity contribution in [1.82, 2.24) is 0 Å². The van der Waals surface area contributed by atoms with Gasteiger partial charge in [0.1, 0.15) is 6.29 Å². The number of benzene rings is 1. The maximum atomic E-state index is 10.6. The van der Waals surface area contributed by atoms with E-state index in [1.165, 1.54) is 0 Å². The van der Waals surface area contributed by atoms with Crippen LogP contribution in [0, 0.1) is 11.3 Å². The summed E-state index contributed by atoms with van der Waals surface area (Å²) in [5.74, 6) is 0. The van der Waals surface area contributed by atoms with Crippen molar-refractivity contribution in [3.63, 3.8) is 0 Å². The van der Waals surface area contributed by atoms with E-state index >= 15 is 0 Å². The third-order valence-electron chi connectivity index (χ3n) is 2.09. The summed E-state index contributed by atoms with van der Waals surface area (Å²) in [5, 5.41) is 8.78. The average molecular weight is 187 g/mol. The molecule has 0 aliphatic carbocycles. The zero-order valence-corrected chi connectivity index (χ0v) is 8.66. The lowest BCUT2D eigenvalue weighted by Crippen LogP contribution is -2.11. The predicted octanol–water partition coefficient (Wildman–Crippen LogP) is 2.67. The predicted molar refractivity (Wildman–Crippen MR) is 55.2 cm³/mol. The van der Waals surface area contributed by atoms with Gasteiger partial charge in [-0.1, -0.05) is 20.8 Å². The molecule has 1 aromatic carbocycles. The Kier molecular flexibility index (Phi) is 2.71. The number of hydrogen-bond acceptors (Lipinski definition) is 2. The van der Waals surface area contributed by atoms with Crippen molar-refractivity contribution >= 4 is 6.29 Å². The second-order valence-electron chi connectivity index (χ2n) is 4.32. The summed E-state index contributed by atoms with van der Waals surface area (Å²) in [5.41, 5.74) is 2.08. The Hall–Kier alpha value is -1.62. The van der Waals surface area contributed by atoms with Crippen LogP contribution in [0.2, 0.25) is 0 Å². The Labute approximate surface area is 84.2 Å². The first kappa shape index (κ1) is 10.5. The van der Waals surface area contributed by atoms with Crippen LogP contribution < -0.4 is 0 Å². The van der Waals surface area contributed by atoms with Gasteiger partial charge in [-0.25, -0.2) is 0 Å². The number of nitrogens with zero attached hydrogens (tertiary/aromatic N) is 1. The highest BCUT2D eigenvalue weighted by molar-refractivity contribution is 5.76. The van der Waals surface area contributed by atoms with E-state index in [9.17, 15) is 4.79 Å². The van der Waals surface area contributed by atoms with E-state index in [-0.39, 0.29) is 5.41 Å². The summed E-state index contributed by atoms with van der Waals surface area (Å²) in [6.45, 7) is 6.16. The fraction of sp³-hybridized carbons (Fsp3) is 0.333. The molecule has 0 unspecified atom stereocenters. The molecule has 14 heavy (non-hydrogen) atoms. The topological polar surface area (TPSA) is 40.9 Å². The highest BCUT2D eigenvalue weighted by Crippen LogP contribution is 2.23. The van der Waals surface area contributed by atoms with Crippen molar-refractivity contribution in [2.24, 2.45) is 0 Å². The maximum Gasteiger partial charge on any atom is 0.150 e. The normalized spacial score (nSPS) is 10.7. The van der Waals surface area contributed by atoms with Gasteiger partial charge in [-0.2, -0.15) is 5.26 Å². The van der Waals surface area contributed by atoms with Gasteiger partial charge in [0.25, 0.3) is 0 Å². The molecule has 0 saturated carbocycles. The van der Waals surface area contributed by atoms with Crippen molar-refractivity contribution in [2.45, 2.75) is 26.2 Å². The van der Waals surface area contributed by atoms with Crippen LogP contribution in [0.25, 0.3) is 0 Å². The molecule has 0 aromatic heterocycles. The van der Waals surface area contributed by atoms with Crippen LogP contribution in [0.15, 0.2) is 18.2 Å². The van der Waals surface area contributed by atoms with Gasteiger partial charge in [0.05, 0.1) is 11.6 Å². The summed E-state index contributed by atoms with van der Waals surface area (Å²) < 4.78 is 0. The second kappa shape index (κ2) is 3.63. The van der Waals surface area contributed by atoms with Gasteiger partial charge in [-0.3, -0.25) is 4.79 Å². The van der Waals surface area contributed by atoms with Crippen molar-refractivity contribution in [3.8, 4) is 6.07 Å². The third kappa shape index (κ3) is 2.20. The summed E-state index contributed by atoms with van der Waals surface area (Å²) in [6.07, 6.45) is 0.774. The number of aldehydes is 1. The molecule has 0 spiro atoms. The minimum absolute atomic E-state index is 0.0371. The van der Waals surface area contributed by atoms with Gasteiger partial charge < -0.3 is 0 Å². The molecule has 0 radical (unpaired) electrons. The minimum atomic E-state index is -0.0371. The van der Waals surface area contributed by atoms with Gasteiger partial charge in [0.2, 0.25) is 0 Å². The number of hydrogen-bond donors (Lipinski definition) is 0. The molecule has 0 bridgehead atoms. The second-order valence-corrected chi connectivity index (χ2v) is 4.32. The Balaban J connectivity index is 3.33. The van der Waals surface area contributed by atoms with Crippen molar-refractivity contribution in [1.29, 1.82) is 5.26 Å². The van der Waals surface area contributed by atoms with Crippen molar-refractivity contribution < 1.29 is 4.79 Å². The first-order valence-corrected chi connectivity index (χ1v) is 4.48. The summed E-state index contributed by atoms with van der Waals surface area (Å²) in [6, 6.07) is 7.31. The first-order chi connectivity index (χ1) is 6.47. The van der Waals surface area contributed by atoms with Gasteiger partial charge in [0.15, 0.2) is 0 Å². The largest absolute Gasteiger partial charge is 0.298 e. The van der Waals surface area contributed by atoms with E-state index in [2.05, 4.69) is 26.8 Å². The van der Waals surface area contributed by atoms with Gasteiger partial charge in [-0.15, -0.1) is 0 Å². The van der Waals surface area contributed by atoms with E-state index in [0.29, 0.717) is 11.1 Å². The lowest BCUT2D eigenvalue weighted by molar-refractivity contribution is 0.112. The quantitative estimate of drug-likeness (QED) is 0.634. The molecule has 1 aromatic rings. The molecule has 0 amide bonds. The number of carbonyl (C=O) groups is 1. The van der Waals surface area contributed by atoms with Crippen LogP contribution >= 0.6 is 0 Å². The number of carbonyl (C=O) groups excluding carboxylic acids is 1. The monoisotopic (exact) mass is 187 g/mol. The molecule has 1 rings (SSSR count). The summed E-state index contributed by atoms with van der Waals surface area (Å²) in [7, 11) is 0. The van der Waals surface area contributed by atoms with Gasteiger partial charge in [0, 0.05) is 5.56 Å². The molecule has 0 N–H and O–H groups in total. The van der Waals surface area contributed by atoms with E-state index < -0.39 is 0 Å². The third-order valence-corrected chi connectivity index (χ3v) is 2.09. The maximum absolute atomic E-state index is 10.6. The fourth-order valence-corrected chi connectivity index (χ4v) is 1.22. The molecule has 0 fully saturated rings. The molecule has 0 saturated heterocycles. The minimum Gasteiger partial charge on any atom is -0.298 e. The molecule has 0 aliphatic heterocycles. The standard InChI is InChI=1S/C12H13NO/c1-12(2,3)11-5-9(7-13)4-10(6-11)8-14/h4-6,8H,1-3H3. The SMILES string of the molecule is CC(C)(C)c1cc(C#N)cc(C=O)c1. The number of rotatable bonds is 1. The molecular formula is C12H13NO. The summed E-state index contributed by atoms with van der Waals surface area (Å²) in [4.78, 5) is 10.6. The molecule has 2 nitrogen and oxygen atoms in total. The zero-order chi connectivity index (χ0) is 10.8. The van der Waals surface area contributed by atoms with Crippen LogP contribution in [0.5, 0.6) is 0 Å². The molecular weight excluding hydrogens is 174 g/mol. The molecule has 72 valence electrons. The van der Waals surface area contributed by atoms with Crippen LogP contribution in [-0.2, 0) is 5.41 Å². The fourth-order valence-electron chi connectivity index (χ4n) is 1.22. The lowest BCUT2D eigenvalue weighted by atomic mass is 9.85. The first-order valence-electron chi connectivity index (χ1n) is 4.48. The Morgan fingerprint density at radius 1 is 1.29 bits per heavy atom. The van der Waals surface area contributed by atoms with Crippen LogP contribution in [-0.4, -0.2) is 6.29 Å². The van der Waals surface area contributed by atoms with Crippen LogP contribution in [0.1, 0.15) is 42.3 Å². The molecule has 0 atom stereocenters. The van der Waals surface area contributed by atoms with Crippen molar-refractivity contribution in [3.05, 3.63) is 34.9 Å². The van der Waals surface area contributed by atoms with Gasteiger partial charge in [-0.05, 0) is 29.2 Å². The van der Waals surface area contributed by atoms with Crippen molar-refractivity contribution in [2.75, 3.05) is 0 Å². The van der Waals surface area contributed by atoms with E-state index in [1.807, 2.05) is 12.1 Å². The van der Waals surface area contributed by atoms with Gasteiger partial charge >= 0.3 is 0 Å². The van der Waals surface area contributed by atoms with E-state index in [1.54, 1.807) is 6.07 Å². The van der Waals surface area contributed by atoms with E-state index in [4.69, 9.17) is 5.26 Å². The van der Waals surface area contributed by atoms with E-state index in [0.717, 1.165) is 11.8 Å².